The van der Waals surface area contributed by atoms with E-state index in [-0.39, 0.29) is 20.9 Å². The zero-order valence-electron chi connectivity index (χ0n) is 9.18. The van der Waals surface area contributed by atoms with Crippen LogP contribution in [0.1, 0.15) is 6.92 Å². The molecular weight excluding hydrogens is 310 g/mol. The molecule has 0 aromatic heterocycles. The molecule has 2 aromatic carbocycles. The number of nitrogens with zero attached hydrogens (tertiary/aromatic N) is 1. The summed E-state index contributed by atoms with van der Waals surface area (Å²) in [5, 5.41) is 0. The van der Waals surface area contributed by atoms with Crippen LogP contribution < -0.4 is 12.1 Å². The van der Waals surface area contributed by atoms with Crippen LogP contribution in [-0.2, 0) is 0 Å². The summed E-state index contributed by atoms with van der Waals surface area (Å²) in [6, 6.07) is 17.7. The first-order valence-corrected chi connectivity index (χ1v) is 7.86. The van der Waals surface area contributed by atoms with E-state index < -0.39 is 0 Å². The van der Waals surface area contributed by atoms with Crippen molar-refractivity contribution in [3.05, 3.63) is 48.5 Å². The summed E-state index contributed by atoms with van der Waals surface area (Å²) >= 11 is -0.192. The number of para-hydroxylation sites is 2. The molecule has 0 radical (unpaired) electrons. The molecule has 0 aliphatic carbocycles. The van der Waals surface area contributed by atoms with Gasteiger partial charge in [0.05, 0.1) is 0 Å². The van der Waals surface area contributed by atoms with Crippen molar-refractivity contribution >= 4 is 39.5 Å². The minimum atomic E-state index is -0.192. The number of fused-ring (bicyclic) bond motifs is 2. The van der Waals surface area contributed by atoms with Crippen LogP contribution in [0.3, 0.4) is 0 Å². The molecule has 16 heavy (non-hydrogen) atoms. The van der Waals surface area contributed by atoms with Gasteiger partial charge < -0.3 is 0 Å². The first-order valence-electron chi connectivity index (χ1n) is 5.53. The molecule has 1 aliphatic rings. The van der Waals surface area contributed by atoms with Crippen LogP contribution in [-0.4, -0.2) is 27.5 Å². The van der Waals surface area contributed by atoms with Gasteiger partial charge in [-0.05, 0) is 0 Å². The van der Waals surface area contributed by atoms with Crippen molar-refractivity contribution in [1.29, 1.82) is 0 Å². The molecule has 0 atom stereocenters. The molecule has 80 valence electrons. The van der Waals surface area contributed by atoms with E-state index in [1.807, 2.05) is 0 Å². The van der Waals surface area contributed by atoms with Gasteiger partial charge in [-0.25, -0.2) is 0 Å². The quantitative estimate of drug-likeness (QED) is 0.724. The van der Waals surface area contributed by atoms with E-state index in [1.54, 1.807) is 7.22 Å². The van der Waals surface area contributed by atoms with E-state index in [4.69, 9.17) is 0 Å². The molecule has 0 fully saturated rings. The Morgan fingerprint density at radius 1 is 0.875 bits per heavy atom. The normalized spacial score (nSPS) is 13.2. The van der Waals surface area contributed by atoms with E-state index in [9.17, 15) is 0 Å². The van der Waals surface area contributed by atoms with Crippen molar-refractivity contribution in [3.63, 3.8) is 0 Å². The van der Waals surface area contributed by atoms with E-state index in [0.717, 1.165) is 6.54 Å². The zero-order valence-corrected chi connectivity index (χ0v) is 11.5. The third kappa shape index (κ3) is 1.54. The SMILES string of the molecule is CCN1c2ccccc2[Te]c2ccccc21. The van der Waals surface area contributed by atoms with Crippen LogP contribution in [0, 0.1) is 0 Å². The van der Waals surface area contributed by atoms with Crippen molar-refractivity contribution in [2.24, 2.45) is 0 Å². The second-order valence-electron chi connectivity index (χ2n) is 3.78. The fourth-order valence-electron chi connectivity index (χ4n) is 2.12. The molecule has 0 saturated heterocycles. The molecule has 0 spiro atoms. The van der Waals surface area contributed by atoms with Crippen LogP contribution in [0.4, 0.5) is 11.4 Å². The molecule has 0 amide bonds. The van der Waals surface area contributed by atoms with Gasteiger partial charge in [0.25, 0.3) is 0 Å². The fourth-order valence-corrected chi connectivity index (χ4v) is 5.25. The Morgan fingerprint density at radius 3 is 1.88 bits per heavy atom. The van der Waals surface area contributed by atoms with Crippen molar-refractivity contribution < 1.29 is 0 Å². The van der Waals surface area contributed by atoms with Gasteiger partial charge in [-0.3, -0.25) is 0 Å². The van der Waals surface area contributed by atoms with E-state index in [1.165, 1.54) is 11.4 Å². The van der Waals surface area contributed by atoms with Crippen molar-refractivity contribution in [3.8, 4) is 0 Å². The number of hydrogen-bond donors (Lipinski definition) is 0. The van der Waals surface area contributed by atoms with Crippen molar-refractivity contribution in [2.75, 3.05) is 11.4 Å². The minimum absolute atomic E-state index is 0.192. The maximum atomic E-state index is 2.43. The van der Waals surface area contributed by atoms with Gasteiger partial charge in [0.15, 0.2) is 0 Å². The van der Waals surface area contributed by atoms with E-state index in [2.05, 4.69) is 60.4 Å². The zero-order chi connectivity index (χ0) is 11.0. The fraction of sp³-hybridized carbons (Fsp3) is 0.143. The Kier molecular flexibility index (Phi) is 2.63. The third-order valence-corrected chi connectivity index (χ3v) is 6.07. The summed E-state index contributed by atoms with van der Waals surface area (Å²) in [4.78, 5) is 2.43. The number of benzene rings is 2. The topological polar surface area (TPSA) is 3.24 Å². The van der Waals surface area contributed by atoms with Crippen molar-refractivity contribution in [2.45, 2.75) is 6.92 Å². The van der Waals surface area contributed by atoms with Gasteiger partial charge in [0.1, 0.15) is 0 Å². The Hall–Kier alpha value is -0.970. The number of hydrogen-bond acceptors (Lipinski definition) is 1. The van der Waals surface area contributed by atoms with Gasteiger partial charge >= 0.3 is 106 Å². The Balaban J connectivity index is 2.19. The van der Waals surface area contributed by atoms with Crippen LogP contribution in [0.25, 0.3) is 0 Å². The average molecular weight is 323 g/mol. The molecule has 2 aromatic rings. The van der Waals surface area contributed by atoms with Crippen LogP contribution >= 0.6 is 0 Å². The summed E-state index contributed by atoms with van der Waals surface area (Å²) in [6.07, 6.45) is 0. The second-order valence-corrected chi connectivity index (χ2v) is 6.87. The third-order valence-electron chi connectivity index (χ3n) is 2.85. The van der Waals surface area contributed by atoms with E-state index >= 15 is 0 Å². The van der Waals surface area contributed by atoms with Crippen LogP contribution in [0.2, 0.25) is 0 Å². The summed E-state index contributed by atoms with van der Waals surface area (Å²) < 4.78 is 3.13. The monoisotopic (exact) mass is 325 g/mol. The predicted octanol–water partition coefficient (Wildman–Crippen LogP) is 1.81. The molecule has 0 unspecified atom stereocenters. The van der Waals surface area contributed by atoms with Gasteiger partial charge in [0, 0.05) is 0 Å². The summed E-state index contributed by atoms with van der Waals surface area (Å²) in [6.45, 7) is 3.26. The summed E-state index contributed by atoms with van der Waals surface area (Å²) in [5.74, 6) is 0. The maximum absolute atomic E-state index is 2.43. The molecule has 0 saturated carbocycles. The predicted molar refractivity (Wildman–Crippen MR) is 70.6 cm³/mol. The molecular formula is C14H13NTe. The summed E-state index contributed by atoms with van der Waals surface area (Å²) in [7, 11) is 0. The molecule has 0 bridgehead atoms. The second kappa shape index (κ2) is 4.12. The molecule has 2 heteroatoms. The molecule has 1 aliphatic heterocycles. The standard InChI is InChI=1S/C14H13NTe/c1-2-15-11-7-3-5-9-13(11)16-14-10-6-4-8-12(14)15/h3-10H,2H2,1H3. The first-order chi connectivity index (χ1) is 7.90. The molecule has 0 N–H and O–H groups in total. The van der Waals surface area contributed by atoms with Gasteiger partial charge in [-0.15, -0.1) is 0 Å². The Bertz CT molecular complexity index is 476. The van der Waals surface area contributed by atoms with Crippen LogP contribution in [0.15, 0.2) is 48.5 Å². The summed E-state index contributed by atoms with van der Waals surface area (Å²) in [5.41, 5.74) is 2.84. The van der Waals surface area contributed by atoms with Gasteiger partial charge in [-0.1, -0.05) is 0 Å². The van der Waals surface area contributed by atoms with E-state index in [0.29, 0.717) is 0 Å². The van der Waals surface area contributed by atoms with Crippen LogP contribution in [0.5, 0.6) is 0 Å². The molecule has 1 heterocycles. The number of anilines is 2. The average Bonchev–Trinajstić information content (AvgIpc) is 2.36. The number of rotatable bonds is 1. The Morgan fingerprint density at radius 2 is 1.38 bits per heavy atom. The van der Waals surface area contributed by atoms with Gasteiger partial charge in [0.2, 0.25) is 0 Å². The first kappa shape index (κ1) is 10.2. The van der Waals surface area contributed by atoms with Crippen molar-refractivity contribution in [1.82, 2.24) is 0 Å². The Labute approximate surface area is 106 Å². The molecule has 3 rings (SSSR count). The van der Waals surface area contributed by atoms with Gasteiger partial charge in [-0.2, -0.15) is 0 Å². The molecule has 1 nitrogen and oxygen atoms in total.